The molecule has 0 fully saturated rings. The van der Waals surface area contributed by atoms with Crippen molar-refractivity contribution in [1.29, 1.82) is 0 Å². The number of amides is 1. The molecule has 0 atom stereocenters. The lowest BCUT2D eigenvalue weighted by Crippen LogP contribution is -2.17. The van der Waals surface area contributed by atoms with E-state index < -0.39 is 15.9 Å². The molecule has 0 aliphatic rings. The molecule has 5 rings (SSSR count). The normalized spacial score (nSPS) is 11.8. The predicted molar refractivity (Wildman–Crippen MR) is 144 cm³/mol. The molecular formula is C23H16Cl2N4O3S3. The molecule has 5 aromatic rings. The number of thiazole rings is 2. The fourth-order valence-electron chi connectivity index (χ4n) is 3.54. The average Bonchev–Trinajstić information content (AvgIpc) is 3.32. The van der Waals surface area contributed by atoms with Gasteiger partial charge in [0.2, 0.25) is 0 Å². The highest BCUT2D eigenvalue weighted by atomic mass is 35.5. The van der Waals surface area contributed by atoms with Gasteiger partial charge in [-0.1, -0.05) is 23.2 Å². The summed E-state index contributed by atoms with van der Waals surface area (Å²) in [6.45, 7) is 3.78. The second-order valence-electron chi connectivity index (χ2n) is 7.65. The van der Waals surface area contributed by atoms with Crippen molar-refractivity contribution >= 4 is 93.6 Å². The number of carbonyl (C=O) groups is 1. The zero-order chi connectivity index (χ0) is 24.9. The molecule has 35 heavy (non-hydrogen) atoms. The molecule has 2 aromatic heterocycles. The molecule has 0 saturated heterocycles. The number of hydrogen-bond acceptors (Lipinski definition) is 7. The first-order valence-corrected chi connectivity index (χ1v) is 14.0. The summed E-state index contributed by atoms with van der Waals surface area (Å²) < 4.78 is 30.8. The second kappa shape index (κ2) is 9.03. The number of fused-ring (bicyclic) bond motifs is 2. The van der Waals surface area contributed by atoms with Gasteiger partial charge in [-0.05, 0) is 62.4 Å². The Labute approximate surface area is 218 Å². The third kappa shape index (κ3) is 4.85. The van der Waals surface area contributed by atoms with E-state index in [-0.39, 0.29) is 20.5 Å². The Bertz CT molecular complexity index is 1750. The summed E-state index contributed by atoms with van der Waals surface area (Å²) in [7, 11) is -4.13. The summed E-state index contributed by atoms with van der Waals surface area (Å²) in [5.74, 6) is -0.575. The number of hydrogen-bond donors (Lipinski definition) is 2. The van der Waals surface area contributed by atoms with Crippen LogP contribution in [0.5, 0.6) is 0 Å². The maximum Gasteiger partial charge on any atom is 0.263 e. The van der Waals surface area contributed by atoms with E-state index in [9.17, 15) is 13.2 Å². The van der Waals surface area contributed by atoms with Crippen LogP contribution in [0.15, 0.2) is 53.4 Å². The number of anilines is 2. The Morgan fingerprint density at radius 3 is 2.03 bits per heavy atom. The SMILES string of the molecule is Cc1nc2cc(NC(=O)c3cc(S(=O)(=O)Nc4ccc5sc(C)nc5c4)c(Cl)cc3Cl)ccc2s1. The van der Waals surface area contributed by atoms with Crippen LogP contribution in [0.2, 0.25) is 10.0 Å². The monoisotopic (exact) mass is 562 g/mol. The van der Waals surface area contributed by atoms with E-state index in [0.717, 1.165) is 24.9 Å². The first-order valence-electron chi connectivity index (χ1n) is 10.2. The largest absolute Gasteiger partial charge is 0.322 e. The third-order valence-corrected chi connectivity index (χ3v) is 9.12. The lowest BCUT2D eigenvalue weighted by Gasteiger charge is -2.13. The minimum atomic E-state index is -4.13. The number of halogens is 2. The van der Waals surface area contributed by atoms with Gasteiger partial charge in [0.05, 0.1) is 51.7 Å². The molecular weight excluding hydrogens is 547 g/mol. The van der Waals surface area contributed by atoms with Crippen molar-refractivity contribution in [2.45, 2.75) is 18.7 Å². The van der Waals surface area contributed by atoms with Gasteiger partial charge in [0.25, 0.3) is 15.9 Å². The molecule has 12 heteroatoms. The quantitative estimate of drug-likeness (QED) is 0.243. The number of rotatable bonds is 5. The smallest absolute Gasteiger partial charge is 0.263 e. The van der Waals surface area contributed by atoms with Gasteiger partial charge in [-0.25, -0.2) is 18.4 Å². The molecule has 0 radical (unpaired) electrons. The van der Waals surface area contributed by atoms with Crippen LogP contribution >= 0.6 is 45.9 Å². The first kappa shape index (κ1) is 24.0. The Kier molecular flexibility index (Phi) is 6.18. The minimum Gasteiger partial charge on any atom is -0.322 e. The van der Waals surface area contributed by atoms with E-state index in [1.54, 1.807) is 41.7 Å². The Morgan fingerprint density at radius 2 is 1.40 bits per heavy atom. The highest BCUT2D eigenvalue weighted by Gasteiger charge is 2.23. The predicted octanol–water partition coefficient (Wildman–Crippen LogP) is 6.88. The van der Waals surface area contributed by atoms with Crippen LogP contribution in [0.25, 0.3) is 20.4 Å². The lowest BCUT2D eigenvalue weighted by atomic mass is 10.2. The van der Waals surface area contributed by atoms with Crippen LogP contribution in [-0.2, 0) is 10.0 Å². The highest BCUT2D eigenvalue weighted by molar-refractivity contribution is 7.92. The summed E-state index contributed by atoms with van der Waals surface area (Å²) in [6, 6.07) is 12.8. The van der Waals surface area contributed by atoms with E-state index in [2.05, 4.69) is 20.0 Å². The van der Waals surface area contributed by atoms with Crippen LogP contribution < -0.4 is 10.0 Å². The summed E-state index contributed by atoms with van der Waals surface area (Å²) >= 11 is 15.6. The molecule has 2 heterocycles. The molecule has 2 N–H and O–H groups in total. The van der Waals surface area contributed by atoms with Crippen LogP contribution in [-0.4, -0.2) is 24.3 Å². The van der Waals surface area contributed by atoms with Gasteiger partial charge in [-0.15, -0.1) is 22.7 Å². The molecule has 3 aromatic carbocycles. The maximum absolute atomic E-state index is 13.2. The van der Waals surface area contributed by atoms with Gasteiger partial charge >= 0.3 is 0 Å². The summed E-state index contributed by atoms with van der Waals surface area (Å²) in [4.78, 5) is 21.5. The molecule has 1 amide bonds. The second-order valence-corrected chi connectivity index (χ2v) is 12.6. The van der Waals surface area contributed by atoms with Crippen molar-refractivity contribution in [3.8, 4) is 0 Å². The Morgan fingerprint density at radius 1 is 0.829 bits per heavy atom. The standard InChI is InChI=1S/C23H16Cl2N4O3S3/c1-11-26-18-7-13(3-5-20(18)33-11)28-23(30)15-9-22(17(25)10-16(15)24)35(31,32)29-14-4-6-21-19(8-14)27-12(2)34-21/h3-10,29H,1-2H3,(H,28,30). The number of aryl methyl sites for hydroxylation is 2. The number of sulfonamides is 1. The molecule has 0 spiro atoms. The lowest BCUT2D eigenvalue weighted by molar-refractivity contribution is 0.102. The maximum atomic E-state index is 13.2. The summed E-state index contributed by atoms with van der Waals surface area (Å²) in [6.07, 6.45) is 0. The first-order chi connectivity index (χ1) is 16.6. The van der Waals surface area contributed by atoms with Gasteiger partial charge in [-0.2, -0.15) is 0 Å². The van der Waals surface area contributed by atoms with Crippen LogP contribution in [0, 0.1) is 13.8 Å². The van der Waals surface area contributed by atoms with Crippen molar-refractivity contribution in [3.63, 3.8) is 0 Å². The zero-order valence-electron chi connectivity index (χ0n) is 18.2. The van der Waals surface area contributed by atoms with Crippen molar-refractivity contribution in [2.75, 3.05) is 10.0 Å². The Hall–Kier alpha value is -2.76. The fraction of sp³-hybridized carbons (Fsp3) is 0.0870. The summed E-state index contributed by atoms with van der Waals surface area (Å²) in [5.41, 5.74) is 2.24. The van der Waals surface area contributed by atoms with Gasteiger partial charge in [0, 0.05) is 5.69 Å². The Balaban J connectivity index is 1.45. The molecule has 7 nitrogen and oxygen atoms in total. The van der Waals surface area contributed by atoms with Crippen LogP contribution in [0.3, 0.4) is 0 Å². The van der Waals surface area contributed by atoms with Gasteiger partial charge in [-0.3, -0.25) is 9.52 Å². The number of nitrogens with zero attached hydrogens (tertiary/aromatic N) is 2. The number of benzene rings is 3. The number of aromatic nitrogens is 2. The van der Waals surface area contributed by atoms with E-state index in [1.165, 1.54) is 23.5 Å². The fourth-order valence-corrected chi connectivity index (χ4v) is 7.07. The van der Waals surface area contributed by atoms with Gasteiger partial charge in [0.1, 0.15) is 4.90 Å². The van der Waals surface area contributed by atoms with Crippen LogP contribution in [0.4, 0.5) is 11.4 Å². The van der Waals surface area contributed by atoms with E-state index >= 15 is 0 Å². The molecule has 178 valence electrons. The summed E-state index contributed by atoms with van der Waals surface area (Å²) in [5, 5.41) is 4.45. The van der Waals surface area contributed by atoms with Gasteiger partial charge in [0.15, 0.2) is 0 Å². The van der Waals surface area contributed by atoms with E-state index in [4.69, 9.17) is 23.2 Å². The molecule has 0 aliphatic carbocycles. The van der Waals surface area contributed by atoms with E-state index in [1.807, 2.05) is 19.9 Å². The van der Waals surface area contributed by atoms with Crippen molar-refractivity contribution in [3.05, 3.63) is 74.2 Å². The molecule has 0 aliphatic heterocycles. The topological polar surface area (TPSA) is 101 Å². The van der Waals surface area contributed by atoms with Gasteiger partial charge < -0.3 is 5.32 Å². The molecule has 0 saturated carbocycles. The van der Waals surface area contributed by atoms with Crippen LogP contribution in [0.1, 0.15) is 20.4 Å². The molecule has 0 unspecified atom stereocenters. The average molecular weight is 564 g/mol. The highest BCUT2D eigenvalue weighted by Crippen LogP contribution is 2.32. The number of nitrogens with one attached hydrogen (secondary N) is 2. The third-order valence-electron chi connectivity index (χ3n) is 5.05. The van der Waals surface area contributed by atoms with Crippen molar-refractivity contribution < 1.29 is 13.2 Å². The number of carbonyl (C=O) groups excluding carboxylic acids is 1. The van der Waals surface area contributed by atoms with Crippen molar-refractivity contribution in [1.82, 2.24) is 9.97 Å². The zero-order valence-corrected chi connectivity index (χ0v) is 22.2. The molecule has 0 bridgehead atoms. The van der Waals surface area contributed by atoms with E-state index in [0.29, 0.717) is 16.9 Å². The minimum absolute atomic E-state index is 0.0244. The van der Waals surface area contributed by atoms with Crippen molar-refractivity contribution in [2.24, 2.45) is 0 Å².